The molecule has 2 aromatic rings. The summed E-state index contributed by atoms with van der Waals surface area (Å²) in [7, 11) is 1.78. The van der Waals surface area contributed by atoms with E-state index in [9.17, 15) is 9.59 Å². The van der Waals surface area contributed by atoms with E-state index in [0.717, 1.165) is 49.2 Å². The van der Waals surface area contributed by atoms with Crippen molar-refractivity contribution in [3.63, 3.8) is 0 Å². The number of carbonyl (C=O) groups is 1. The van der Waals surface area contributed by atoms with Gasteiger partial charge in [0.1, 0.15) is 0 Å². The maximum atomic E-state index is 13.1. The second-order valence-corrected chi connectivity index (χ2v) is 7.91. The van der Waals surface area contributed by atoms with Gasteiger partial charge in [-0.1, -0.05) is 12.8 Å². The molecule has 2 fully saturated rings. The third-order valence-corrected chi connectivity index (χ3v) is 6.49. The average Bonchev–Trinajstić information content (AvgIpc) is 3.16. The average molecular weight is 357 g/mol. The first-order valence-corrected chi connectivity index (χ1v) is 9.48. The van der Waals surface area contributed by atoms with Crippen LogP contribution in [0.2, 0.25) is 0 Å². The molecule has 3 heterocycles. The van der Waals surface area contributed by atoms with Crippen molar-refractivity contribution in [1.29, 1.82) is 0 Å². The highest BCUT2D eigenvalue weighted by atomic mass is 16.2. The van der Waals surface area contributed by atoms with Gasteiger partial charge in [0, 0.05) is 25.8 Å². The van der Waals surface area contributed by atoms with Gasteiger partial charge < -0.3 is 10.6 Å². The molecule has 2 atom stereocenters. The number of hydrogen-bond donors (Lipinski definition) is 3. The van der Waals surface area contributed by atoms with Crippen LogP contribution in [0.1, 0.15) is 42.5 Å². The Balaban J connectivity index is 1.61. The van der Waals surface area contributed by atoms with Crippen LogP contribution in [0.4, 0.5) is 0 Å². The van der Waals surface area contributed by atoms with E-state index in [1.165, 1.54) is 6.42 Å². The Bertz CT molecular complexity index is 928. The second kappa shape index (κ2) is 6.23. The second-order valence-electron chi connectivity index (χ2n) is 7.91. The molecule has 0 unspecified atom stereocenters. The fraction of sp³-hybridized carbons (Fsp3) is 0.632. The van der Waals surface area contributed by atoms with Crippen LogP contribution in [0.15, 0.2) is 4.79 Å². The number of H-pyrrole nitrogens is 1. The predicted octanol–water partition coefficient (Wildman–Crippen LogP) is 1.27. The van der Waals surface area contributed by atoms with Crippen molar-refractivity contribution in [3.8, 4) is 0 Å². The number of nitrogens with one attached hydrogen (secondary N) is 3. The number of rotatable bonds is 3. The van der Waals surface area contributed by atoms with Gasteiger partial charge in [0.25, 0.3) is 5.56 Å². The van der Waals surface area contributed by atoms with E-state index >= 15 is 0 Å². The van der Waals surface area contributed by atoms with Gasteiger partial charge in [-0.2, -0.15) is 0 Å². The lowest BCUT2D eigenvalue weighted by Gasteiger charge is -2.37. The first-order chi connectivity index (χ1) is 12.4. The molecule has 2 aliphatic rings. The number of carbonyl (C=O) groups excluding carboxylic acids is 1. The van der Waals surface area contributed by atoms with Crippen molar-refractivity contribution >= 4 is 16.9 Å². The Kier molecular flexibility index (Phi) is 4.14. The number of aromatic nitrogens is 3. The molecule has 140 valence electrons. The van der Waals surface area contributed by atoms with Gasteiger partial charge in [-0.3, -0.25) is 19.4 Å². The van der Waals surface area contributed by atoms with Crippen molar-refractivity contribution < 1.29 is 4.79 Å². The van der Waals surface area contributed by atoms with E-state index in [-0.39, 0.29) is 16.9 Å². The minimum Gasteiger partial charge on any atom is -0.351 e. The van der Waals surface area contributed by atoms with E-state index < -0.39 is 0 Å². The smallest absolute Gasteiger partial charge is 0.273 e. The first kappa shape index (κ1) is 17.3. The molecule has 7 heteroatoms. The van der Waals surface area contributed by atoms with Crippen LogP contribution in [-0.2, 0) is 18.4 Å². The van der Waals surface area contributed by atoms with E-state index in [0.29, 0.717) is 23.5 Å². The lowest BCUT2D eigenvalue weighted by Crippen LogP contribution is -2.47. The van der Waals surface area contributed by atoms with Crippen LogP contribution in [-0.4, -0.2) is 33.8 Å². The predicted molar refractivity (Wildman–Crippen MR) is 99.9 cm³/mol. The lowest BCUT2D eigenvalue weighted by molar-refractivity contribution is -0.134. The summed E-state index contributed by atoms with van der Waals surface area (Å²) in [6.07, 6.45) is 4.43. The summed E-state index contributed by atoms with van der Waals surface area (Å²) < 4.78 is 1.65. The summed E-state index contributed by atoms with van der Waals surface area (Å²) in [6.45, 7) is 6.01. The number of nitrogens with zero attached hydrogens (tertiary/aromatic N) is 2. The molecule has 1 amide bonds. The molecule has 1 saturated carbocycles. The van der Waals surface area contributed by atoms with Crippen LogP contribution < -0.4 is 16.2 Å². The van der Waals surface area contributed by atoms with Crippen molar-refractivity contribution in [3.05, 3.63) is 27.2 Å². The standard InChI is InChI=1S/C19H27N5O2/c1-11-14(12(2)22-16-15(11)17(25)23-24(16)3)9-21-18(26)19-7-5-4-6-13(19)8-20-10-19/h13,20H,4-10H2,1-3H3,(H,21,26)(H,23,25)/t13-,19+/m0/s1. The molecule has 26 heavy (non-hydrogen) atoms. The van der Waals surface area contributed by atoms with Crippen LogP contribution in [0.25, 0.3) is 11.0 Å². The summed E-state index contributed by atoms with van der Waals surface area (Å²) in [4.78, 5) is 29.9. The molecule has 3 N–H and O–H groups in total. The molecule has 7 nitrogen and oxygen atoms in total. The maximum absolute atomic E-state index is 13.1. The summed E-state index contributed by atoms with van der Waals surface area (Å²) in [5.74, 6) is 0.587. The van der Waals surface area contributed by atoms with Gasteiger partial charge in [0.05, 0.1) is 10.8 Å². The summed E-state index contributed by atoms with van der Waals surface area (Å²) in [6, 6.07) is 0. The Labute approximate surface area is 152 Å². The summed E-state index contributed by atoms with van der Waals surface area (Å²) >= 11 is 0. The molecule has 0 bridgehead atoms. The molecular weight excluding hydrogens is 330 g/mol. The van der Waals surface area contributed by atoms with E-state index in [4.69, 9.17) is 0 Å². The van der Waals surface area contributed by atoms with Crippen LogP contribution >= 0.6 is 0 Å². The molecule has 0 spiro atoms. The SMILES string of the molecule is Cc1nc2c(c(C)c1CNC(=O)[C@@]13CCCC[C@H]1CNC3)c(=O)[nH]n2C. The van der Waals surface area contributed by atoms with Gasteiger partial charge in [-0.25, -0.2) is 4.98 Å². The van der Waals surface area contributed by atoms with Gasteiger partial charge in [-0.05, 0) is 50.3 Å². The van der Waals surface area contributed by atoms with Gasteiger partial charge >= 0.3 is 0 Å². The Morgan fingerprint density at radius 3 is 3.00 bits per heavy atom. The topological polar surface area (TPSA) is 91.8 Å². The number of pyridine rings is 1. The number of aryl methyl sites for hydroxylation is 3. The summed E-state index contributed by atoms with van der Waals surface area (Å²) in [5.41, 5.74) is 2.96. The van der Waals surface area contributed by atoms with Crippen LogP contribution in [0.5, 0.6) is 0 Å². The number of fused-ring (bicyclic) bond motifs is 2. The molecule has 1 aliphatic carbocycles. The van der Waals surface area contributed by atoms with Crippen molar-refractivity contribution in [2.75, 3.05) is 13.1 Å². The molecule has 4 rings (SSSR count). The largest absolute Gasteiger partial charge is 0.351 e. The van der Waals surface area contributed by atoms with E-state index in [1.54, 1.807) is 11.7 Å². The third-order valence-electron chi connectivity index (χ3n) is 6.49. The maximum Gasteiger partial charge on any atom is 0.273 e. The monoisotopic (exact) mass is 357 g/mol. The van der Waals surface area contributed by atoms with Crippen molar-refractivity contribution in [2.24, 2.45) is 18.4 Å². The fourth-order valence-corrected chi connectivity index (χ4v) is 4.94. The number of amides is 1. The van der Waals surface area contributed by atoms with Gasteiger partial charge in [0.2, 0.25) is 5.91 Å². The molecular formula is C19H27N5O2. The fourth-order valence-electron chi connectivity index (χ4n) is 4.94. The normalized spacial score (nSPS) is 25.4. The zero-order valence-electron chi connectivity index (χ0n) is 15.7. The number of hydrogen-bond acceptors (Lipinski definition) is 4. The zero-order chi connectivity index (χ0) is 18.5. The quantitative estimate of drug-likeness (QED) is 0.771. The van der Waals surface area contributed by atoms with E-state index in [1.807, 2.05) is 13.8 Å². The molecule has 1 aliphatic heterocycles. The Hall–Kier alpha value is -2.15. The van der Waals surface area contributed by atoms with Gasteiger partial charge in [-0.15, -0.1) is 0 Å². The zero-order valence-corrected chi connectivity index (χ0v) is 15.7. The van der Waals surface area contributed by atoms with Crippen molar-refractivity contribution in [1.82, 2.24) is 25.4 Å². The van der Waals surface area contributed by atoms with Gasteiger partial charge in [0.15, 0.2) is 5.65 Å². The highest BCUT2D eigenvalue weighted by Gasteiger charge is 2.49. The first-order valence-electron chi connectivity index (χ1n) is 9.48. The molecule has 1 saturated heterocycles. The number of aromatic amines is 1. The minimum absolute atomic E-state index is 0.133. The minimum atomic E-state index is -0.262. The molecule has 0 aromatic carbocycles. The molecule has 2 aromatic heterocycles. The Morgan fingerprint density at radius 2 is 2.19 bits per heavy atom. The lowest BCUT2D eigenvalue weighted by atomic mass is 9.67. The molecule has 0 radical (unpaired) electrons. The Morgan fingerprint density at radius 1 is 1.38 bits per heavy atom. The van der Waals surface area contributed by atoms with Crippen molar-refractivity contribution in [2.45, 2.75) is 46.1 Å². The summed E-state index contributed by atoms with van der Waals surface area (Å²) in [5, 5.41) is 9.95. The highest BCUT2D eigenvalue weighted by Crippen LogP contribution is 2.44. The van der Waals surface area contributed by atoms with E-state index in [2.05, 4.69) is 20.7 Å². The van der Waals surface area contributed by atoms with Crippen LogP contribution in [0, 0.1) is 25.2 Å². The third kappa shape index (κ3) is 2.48. The van der Waals surface area contributed by atoms with Crippen LogP contribution in [0.3, 0.4) is 0 Å². The highest BCUT2D eigenvalue weighted by molar-refractivity contribution is 5.84.